The van der Waals surface area contributed by atoms with Crippen molar-refractivity contribution in [2.24, 2.45) is 0 Å². The molecule has 3 aromatic rings. The molecule has 2 heterocycles. The van der Waals surface area contributed by atoms with E-state index in [1.165, 1.54) is 12.1 Å². The molecule has 0 spiro atoms. The van der Waals surface area contributed by atoms with Crippen molar-refractivity contribution in [3.63, 3.8) is 0 Å². The highest BCUT2D eigenvalue weighted by atomic mass is 19.1. The van der Waals surface area contributed by atoms with Crippen molar-refractivity contribution < 1.29 is 4.39 Å². The zero-order chi connectivity index (χ0) is 11.0. The van der Waals surface area contributed by atoms with Crippen molar-refractivity contribution in [2.45, 2.75) is 0 Å². The van der Waals surface area contributed by atoms with E-state index in [9.17, 15) is 4.39 Å². The molecule has 1 N–H and O–H groups in total. The first-order valence-electron chi connectivity index (χ1n) is 4.75. The number of nitrogens with one attached hydrogen (secondary N) is 1. The fourth-order valence-electron chi connectivity index (χ4n) is 1.58. The van der Waals surface area contributed by atoms with Gasteiger partial charge >= 0.3 is 0 Å². The van der Waals surface area contributed by atoms with E-state index in [0.29, 0.717) is 11.4 Å². The number of halogens is 1. The van der Waals surface area contributed by atoms with E-state index in [1.54, 1.807) is 24.5 Å². The van der Waals surface area contributed by atoms with Gasteiger partial charge in [0, 0.05) is 11.6 Å². The molecule has 0 saturated carbocycles. The molecule has 0 aliphatic carbocycles. The van der Waals surface area contributed by atoms with Crippen LogP contribution >= 0.6 is 0 Å². The van der Waals surface area contributed by atoms with Gasteiger partial charge < -0.3 is 0 Å². The van der Waals surface area contributed by atoms with Crippen LogP contribution in [0.3, 0.4) is 0 Å². The maximum absolute atomic E-state index is 13.1. The highest BCUT2D eigenvalue weighted by molar-refractivity contribution is 5.84. The van der Waals surface area contributed by atoms with Crippen LogP contribution in [-0.2, 0) is 0 Å². The standard InChI is InChI=1S/C11H7FN4/c12-9-2-1-7-5-13-10(4-8(7)3-9)11-6-14-16-15-11/h1-6H,(H,14,15,16). The summed E-state index contributed by atoms with van der Waals surface area (Å²) in [7, 11) is 0. The van der Waals surface area contributed by atoms with Crippen molar-refractivity contribution in [1.29, 1.82) is 0 Å². The van der Waals surface area contributed by atoms with Gasteiger partial charge in [-0.05, 0) is 29.7 Å². The molecule has 3 rings (SSSR count). The summed E-state index contributed by atoms with van der Waals surface area (Å²) in [6.07, 6.45) is 3.34. The van der Waals surface area contributed by atoms with E-state index in [-0.39, 0.29) is 5.82 Å². The largest absolute Gasteiger partial charge is 0.265 e. The molecular formula is C11H7FN4. The molecule has 1 aromatic carbocycles. The summed E-state index contributed by atoms with van der Waals surface area (Å²) in [4.78, 5) is 4.23. The van der Waals surface area contributed by atoms with Gasteiger partial charge in [-0.2, -0.15) is 0 Å². The summed E-state index contributed by atoms with van der Waals surface area (Å²) in [5.41, 5.74) is 1.32. The third-order valence-corrected chi connectivity index (χ3v) is 2.36. The molecule has 0 atom stereocenters. The summed E-state index contributed by atoms with van der Waals surface area (Å²) in [6, 6.07) is 6.38. The molecule has 2 aromatic heterocycles. The van der Waals surface area contributed by atoms with Gasteiger partial charge in [0.15, 0.2) is 0 Å². The summed E-state index contributed by atoms with van der Waals surface area (Å²) in [6.45, 7) is 0. The molecule has 0 radical (unpaired) electrons. The number of H-pyrrole nitrogens is 1. The molecule has 0 aliphatic heterocycles. The van der Waals surface area contributed by atoms with Crippen LogP contribution in [0.5, 0.6) is 0 Å². The van der Waals surface area contributed by atoms with Gasteiger partial charge in [0.1, 0.15) is 11.5 Å². The summed E-state index contributed by atoms with van der Waals surface area (Å²) in [5.74, 6) is -0.259. The maximum atomic E-state index is 13.1. The van der Waals surface area contributed by atoms with Gasteiger partial charge in [-0.25, -0.2) is 4.39 Å². The lowest BCUT2D eigenvalue weighted by atomic mass is 10.1. The zero-order valence-corrected chi connectivity index (χ0v) is 8.18. The Morgan fingerprint density at radius 1 is 1.06 bits per heavy atom. The SMILES string of the molecule is Fc1ccc2cnc(-c3c[nH]nn3)cc2c1. The quantitative estimate of drug-likeness (QED) is 0.675. The van der Waals surface area contributed by atoms with Gasteiger partial charge in [-0.15, -0.1) is 5.10 Å². The Hall–Kier alpha value is -2.30. The van der Waals surface area contributed by atoms with Crippen molar-refractivity contribution >= 4 is 10.8 Å². The Kier molecular flexibility index (Phi) is 1.89. The lowest BCUT2D eigenvalue weighted by Gasteiger charge is -1.99. The van der Waals surface area contributed by atoms with E-state index in [2.05, 4.69) is 20.4 Å². The Labute approximate surface area is 90.1 Å². The van der Waals surface area contributed by atoms with Crippen LogP contribution in [-0.4, -0.2) is 20.4 Å². The molecule has 0 amide bonds. The molecule has 16 heavy (non-hydrogen) atoms. The Balaban J connectivity index is 2.22. The lowest BCUT2D eigenvalue weighted by molar-refractivity contribution is 0.629. The molecule has 78 valence electrons. The molecule has 0 aliphatic rings. The first kappa shape index (κ1) is 8.96. The maximum Gasteiger partial charge on any atom is 0.131 e. The van der Waals surface area contributed by atoms with E-state index in [0.717, 1.165) is 10.8 Å². The second-order valence-electron chi connectivity index (χ2n) is 3.42. The van der Waals surface area contributed by atoms with Crippen molar-refractivity contribution in [3.8, 4) is 11.4 Å². The van der Waals surface area contributed by atoms with Gasteiger partial charge in [0.05, 0.1) is 11.9 Å². The summed E-state index contributed by atoms with van der Waals surface area (Å²) in [5, 5.41) is 11.8. The predicted molar refractivity (Wildman–Crippen MR) is 57.1 cm³/mol. The van der Waals surface area contributed by atoms with Crippen LogP contribution in [0, 0.1) is 5.82 Å². The highest BCUT2D eigenvalue weighted by Gasteiger charge is 2.04. The molecule has 0 saturated heterocycles. The monoisotopic (exact) mass is 214 g/mol. The normalized spacial score (nSPS) is 10.8. The Morgan fingerprint density at radius 2 is 2.00 bits per heavy atom. The molecule has 0 bridgehead atoms. The van der Waals surface area contributed by atoms with E-state index in [1.807, 2.05) is 0 Å². The molecular weight excluding hydrogens is 207 g/mol. The number of hydrogen-bond donors (Lipinski definition) is 1. The van der Waals surface area contributed by atoms with Crippen LogP contribution in [0.1, 0.15) is 0 Å². The number of nitrogens with zero attached hydrogens (tertiary/aromatic N) is 3. The van der Waals surface area contributed by atoms with Gasteiger partial charge in [-0.3, -0.25) is 10.1 Å². The number of benzene rings is 1. The van der Waals surface area contributed by atoms with E-state index >= 15 is 0 Å². The van der Waals surface area contributed by atoms with E-state index in [4.69, 9.17) is 0 Å². The Bertz CT molecular complexity index is 634. The van der Waals surface area contributed by atoms with Crippen molar-refractivity contribution in [1.82, 2.24) is 20.4 Å². The number of rotatable bonds is 1. The smallest absolute Gasteiger partial charge is 0.131 e. The predicted octanol–water partition coefficient (Wildman–Crippen LogP) is 2.16. The number of aromatic amines is 1. The van der Waals surface area contributed by atoms with Crippen LogP contribution in [0.15, 0.2) is 36.7 Å². The Morgan fingerprint density at radius 3 is 2.81 bits per heavy atom. The van der Waals surface area contributed by atoms with Crippen LogP contribution in [0.25, 0.3) is 22.2 Å². The molecule has 0 unspecified atom stereocenters. The first-order valence-corrected chi connectivity index (χ1v) is 4.75. The second kappa shape index (κ2) is 3.37. The van der Waals surface area contributed by atoms with Gasteiger partial charge in [-0.1, -0.05) is 5.21 Å². The molecule has 4 nitrogen and oxygen atoms in total. The minimum atomic E-state index is -0.259. The van der Waals surface area contributed by atoms with Gasteiger partial charge in [0.2, 0.25) is 0 Å². The minimum Gasteiger partial charge on any atom is -0.265 e. The number of pyridine rings is 1. The van der Waals surface area contributed by atoms with Crippen LogP contribution in [0.4, 0.5) is 4.39 Å². The van der Waals surface area contributed by atoms with E-state index < -0.39 is 0 Å². The topological polar surface area (TPSA) is 54.5 Å². The third kappa shape index (κ3) is 1.42. The molecule has 5 heteroatoms. The van der Waals surface area contributed by atoms with Crippen LogP contribution < -0.4 is 0 Å². The fourth-order valence-corrected chi connectivity index (χ4v) is 1.58. The fraction of sp³-hybridized carbons (Fsp3) is 0. The van der Waals surface area contributed by atoms with Gasteiger partial charge in [0.25, 0.3) is 0 Å². The zero-order valence-electron chi connectivity index (χ0n) is 8.18. The van der Waals surface area contributed by atoms with Crippen molar-refractivity contribution in [3.05, 3.63) is 42.5 Å². The average molecular weight is 214 g/mol. The lowest BCUT2D eigenvalue weighted by Crippen LogP contribution is -1.85. The molecule has 0 fully saturated rings. The highest BCUT2D eigenvalue weighted by Crippen LogP contribution is 2.20. The number of aromatic nitrogens is 4. The second-order valence-corrected chi connectivity index (χ2v) is 3.42. The number of hydrogen-bond acceptors (Lipinski definition) is 3. The third-order valence-electron chi connectivity index (χ3n) is 2.36. The average Bonchev–Trinajstić information content (AvgIpc) is 2.81. The summed E-state index contributed by atoms with van der Waals surface area (Å²) >= 11 is 0. The summed E-state index contributed by atoms with van der Waals surface area (Å²) < 4.78 is 13.1. The first-order chi connectivity index (χ1) is 7.83. The number of fused-ring (bicyclic) bond motifs is 1. The van der Waals surface area contributed by atoms with Crippen LogP contribution in [0.2, 0.25) is 0 Å². The minimum absolute atomic E-state index is 0.259. The van der Waals surface area contributed by atoms with Crippen molar-refractivity contribution in [2.75, 3.05) is 0 Å².